The summed E-state index contributed by atoms with van der Waals surface area (Å²) in [6.07, 6.45) is 4.78. The summed E-state index contributed by atoms with van der Waals surface area (Å²) in [4.78, 5) is 15.6. The second-order valence-corrected chi connectivity index (χ2v) is 3.25. The van der Waals surface area contributed by atoms with Gasteiger partial charge in [-0.2, -0.15) is 5.48 Å². The molecule has 1 fully saturated rings. The highest BCUT2D eigenvalue weighted by atomic mass is 16.7. The van der Waals surface area contributed by atoms with Crippen LogP contribution in [0.3, 0.4) is 0 Å². The molecule has 0 spiro atoms. The molecule has 0 aromatic carbocycles. The zero-order chi connectivity index (χ0) is 9.68. The Balaban J connectivity index is 2.06. The van der Waals surface area contributed by atoms with Crippen molar-refractivity contribution in [3.63, 3.8) is 0 Å². The highest BCUT2D eigenvalue weighted by Crippen LogP contribution is 2.19. The van der Waals surface area contributed by atoms with E-state index < -0.39 is 5.97 Å². The van der Waals surface area contributed by atoms with E-state index >= 15 is 0 Å². The normalized spacial score (nSPS) is 17.5. The van der Waals surface area contributed by atoms with E-state index in [2.05, 4.69) is 12.1 Å². The number of carboxylic acids is 1. The van der Waals surface area contributed by atoms with E-state index in [4.69, 9.17) is 9.94 Å². The lowest BCUT2D eigenvalue weighted by molar-refractivity contribution is -0.133. The fourth-order valence-corrected chi connectivity index (χ4v) is 1.33. The van der Waals surface area contributed by atoms with Crippen LogP contribution >= 0.6 is 0 Å². The molecule has 0 radical (unpaired) electrons. The maximum absolute atomic E-state index is 10.3. The Kier molecular flexibility index (Phi) is 3.92. The summed E-state index contributed by atoms with van der Waals surface area (Å²) in [6.45, 7) is 3.56. The SMILES string of the molecule is C=C(CNOC1CCCC1)C(=O)O. The molecule has 4 nitrogen and oxygen atoms in total. The predicted molar refractivity (Wildman–Crippen MR) is 48.1 cm³/mol. The molecule has 2 N–H and O–H groups in total. The van der Waals surface area contributed by atoms with Crippen LogP contribution in [-0.4, -0.2) is 23.7 Å². The first kappa shape index (κ1) is 10.2. The summed E-state index contributed by atoms with van der Waals surface area (Å²) in [5.74, 6) is -0.984. The van der Waals surface area contributed by atoms with Gasteiger partial charge in [0.25, 0.3) is 0 Å². The molecule has 1 saturated carbocycles. The summed E-state index contributed by atoms with van der Waals surface area (Å²) >= 11 is 0. The van der Waals surface area contributed by atoms with E-state index in [-0.39, 0.29) is 18.2 Å². The topological polar surface area (TPSA) is 58.6 Å². The van der Waals surface area contributed by atoms with Gasteiger partial charge in [-0.1, -0.05) is 19.4 Å². The summed E-state index contributed by atoms with van der Waals surface area (Å²) in [5.41, 5.74) is 2.75. The molecular weight excluding hydrogens is 170 g/mol. The molecule has 0 heterocycles. The van der Waals surface area contributed by atoms with Crippen LogP contribution in [0.5, 0.6) is 0 Å². The monoisotopic (exact) mass is 185 g/mol. The van der Waals surface area contributed by atoms with Crippen LogP contribution in [0.4, 0.5) is 0 Å². The second-order valence-electron chi connectivity index (χ2n) is 3.25. The quantitative estimate of drug-likeness (QED) is 0.497. The van der Waals surface area contributed by atoms with Gasteiger partial charge in [0.1, 0.15) is 0 Å². The van der Waals surface area contributed by atoms with Crippen molar-refractivity contribution >= 4 is 5.97 Å². The molecule has 0 amide bonds. The van der Waals surface area contributed by atoms with Gasteiger partial charge in [0.2, 0.25) is 0 Å². The maximum Gasteiger partial charge on any atom is 0.332 e. The number of carboxylic acid groups (broad SMARTS) is 1. The van der Waals surface area contributed by atoms with Crippen LogP contribution in [0.1, 0.15) is 25.7 Å². The number of hydrogen-bond donors (Lipinski definition) is 2. The highest BCUT2D eigenvalue weighted by molar-refractivity contribution is 5.86. The van der Waals surface area contributed by atoms with Gasteiger partial charge in [-0.15, -0.1) is 0 Å². The molecule has 1 aliphatic rings. The van der Waals surface area contributed by atoms with Crippen LogP contribution in [-0.2, 0) is 9.63 Å². The van der Waals surface area contributed by atoms with Crippen molar-refractivity contribution < 1.29 is 14.7 Å². The lowest BCUT2D eigenvalue weighted by atomic mass is 10.3. The molecule has 74 valence electrons. The van der Waals surface area contributed by atoms with Gasteiger partial charge in [-0.3, -0.25) is 4.84 Å². The standard InChI is InChI=1S/C9H15NO3/c1-7(9(11)12)6-10-13-8-4-2-3-5-8/h8,10H,1-6H2,(H,11,12). The molecule has 1 rings (SSSR count). The van der Waals surface area contributed by atoms with Crippen molar-refractivity contribution in [2.45, 2.75) is 31.8 Å². The Morgan fingerprint density at radius 3 is 2.69 bits per heavy atom. The number of rotatable bonds is 5. The predicted octanol–water partition coefficient (Wildman–Crippen LogP) is 1.09. The number of nitrogens with one attached hydrogen (secondary N) is 1. The molecule has 0 atom stereocenters. The lowest BCUT2D eigenvalue weighted by Crippen LogP contribution is -2.25. The molecule has 4 heteroatoms. The van der Waals surface area contributed by atoms with Crippen LogP contribution in [0, 0.1) is 0 Å². The molecule has 0 aromatic heterocycles. The van der Waals surface area contributed by atoms with Gasteiger partial charge < -0.3 is 5.11 Å². The fraction of sp³-hybridized carbons (Fsp3) is 0.667. The summed E-state index contributed by atoms with van der Waals surface area (Å²) in [5, 5.41) is 8.48. The molecule has 1 aliphatic carbocycles. The Bertz CT molecular complexity index is 197. The second kappa shape index (κ2) is 4.99. The minimum Gasteiger partial charge on any atom is -0.478 e. The van der Waals surface area contributed by atoms with E-state index in [1.807, 2.05) is 0 Å². The van der Waals surface area contributed by atoms with Gasteiger partial charge in [-0.25, -0.2) is 4.79 Å². The first-order chi connectivity index (χ1) is 6.20. The van der Waals surface area contributed by atoms with Gasteiger partial charge >= 0.3 is 5.97 Å². The van der Waals surface area contributed by atoms with Gasteiger partial charge in [-0.05, 0) is 12.8 Å². The van der Waals surface area contributed by atoms with Crippen molar-refractivity contribution in [1.82, 2.24) is 5.48 Å². The maximum atomic E-state index is 10.3. The van der Waals surface area contributed by atoms with Crippen molar-refractivity contribution in [2.24, 2.45) is 0 Å². The van der Waals surface area contributed by atoms with Gasteiger partial charge in [0, 0.05) is 5.57 Å². The average molecular weight is 185 g/mol. The van der Waals surface area contributed by atoms with E-state index in [9.17, 15) is 4.79 Å². The third-order valence-corrected chi connectivity index (χ3v) is 2.14. The fourth-order valence-electron chi connectivity index (χ4n) is 1.33. The van der Waals surface area contributed by atoms with Crippen molar-refractivity contribution in [2.75, 3.05) is 6.54 Å². The third-order valence-electron chi connectivity index (χ3n) is 2.14. The summed E-state index contributed by atoms with van der Waals surface area (Å²) < 4.78 is 0. The van der Waals surface area contributed by atoms with Crippen molar-refractivity contribution in [3.05, 3.63) is 12.2 Å². The van der Waals surface area contributed by atoms with E-state index in [0.717, 1.165) is 12.8 Å². The van der Waals surface area contributed by atoms with E-state index in [0.29, 0.717) is 0 Å². The van der Waals surface area contributed by atoms with E-state index in [1.54, 1.807) is 0 Å². The number of carbonyl (C=O) groups is 1. The third kappa shape index (κ3) is 3.57. The first-order valence-electron chi connectivity index (χ1n) is 4.49. The molecule has 0 saturated heterocycles. The molecule has 0 unspecified atom stereocenters. The Labute approximate surface area is 77.5 Å². The smallest absolute Gasteiger partial charge is 0.332 e. The first-order valence-corrected chi connectivity index (χ1v) is 4.49. The molecule has 13 heavy (non-hydrogen) atoms. The highest BCUT2D eigenvalue weighted by Gasteiger charge is 2.15. The van der Waals surface area contributed by atoms with Crippen molar-refractivity contribution in [3.8, 4) is 0 Å². The average Bonchev–Trinajstić information content (AvgIpc) is 2.56. The minimum atomic E-state index is -0.984. The Morgan fingerprint density at radius 2 is 2.15 bits per heavy atom. The minimum absolute atomic E-state index is 0.123. The number of hydroxylamine groups is 1. The number of aliphatic carboxylic acids is 1. The van der Waals surface area contributed by atoms with Gasteiger partial charge in [0.15, 0.2) is 0 Å². The lowest BCUT2D eigenvalue weighted by Gasteiger charge is -2.10. The Morgan fingerprint density at radius 1 is 1.54 bits per heavy atom. The van der Waals surface area contributed by atoms with Gasteiger partial charge in [0.05, 0.1) is 12.6 Å². The van der Waals surface area contributed by atoms with Crippen molar-refractivity contribution in [1.29, 1.82) is 0 Å². The largest absolute Gasteiger partial charge is 0.478 e. The molecule has 0 bridgehead atoms. The Hall–Kier alpha value is -0.870. The van der Waals surface area contributed by atoms with Crippen LogP contribution in [0.2, 0.25) is 0 Å². The van der Waals surface area contributed by atoms with E-state index in [1.165, 1.54) is 12.8 Å². The summed E-state index contributed by atoms with van der Waals surface area (Å²) in [7, 11) is 0. The van der Waals surface area contributed by atoms with Crippen LogP contribution in [0.15, 0.2) is 12.2 Å². The van der Waals surface area contributed by atoms with Crippen LogP contribution < -0.4 is 5.48 Å². The zero-order valence-electron chi connectivity index (χ0n) is 7.58. The number of hydrogen-bond acceptors (Lipinski definition) is 3. The summed E-state index contributed by atoms with van der Waals surface area (Å²) in [6, 6.07) is 0. The molecule has 0 aliphatic heterocycles. The molecule has 0 aromatic rings. The van der Waals surface area contributed by atoms with Crippen LogP contribution in [0.25, 0.3) is 0 Å². The zero-order valence-corrected chi connectivity index (χ0v) is 7.58. The molecular formula is C9H15NO3.